The second kappa shape index (κ2) is 7.09. The van der Waals surface area contributed by atoms with Crippen LogP contribution in [0.2, 0.25) is 0 Å². The summed E-state index contributed by atoms with van der Waals surface area (Å²) < 4.78 is 7.22. The first kappa shape index (κ1) is 17.8. The fourth-order valence-electron chi connectivity index (χ4n) is 2.76. The number of carbonyl (C=O) groups is 2. The molecule has 0 aliphatic carbocycles. The Hall–Kier alpha value is -3.00. The Morgan fingerprint density at radius 2 is 2.04 bits per heavy atom. The van der Waals surface area contributed by atoms with E-state index in [1.54, 1.807) is 35.9 Å². The molecular weight excluding hydrogens is 352 g/mol. The van der Waals surface area contributed by atoms with E-state index in [0.717, 1.165) is 15.3 Å². The summed E-state index contributed by atoms with van der Waals surface area (Å²) in [7, 11) is 3.10. The number of aryl methyl sites for hydroxylation is 2. The molecule has 0 atom stereocenters. The molecule has 3 rings (SSSR count). The predicted octanol–water partition coefficient (Wildman–Crippen LogP) is 2.66. The van der Waals surface area contributed by atoms with Gasteiger partial charge in [-0.1, -0.05) is 12.1 Å². The summed E-state index contributed by atoms with van der Waals surface area (Å²) in [5.41, 5.74) is 3.01. The van der Waals surface area contributed by atoms with E-state index in [4.69, 9.17) is 5.41 Å². The number of rotatable bonds is 5. The van der Waals surface area contributed by atoms with Crippen molar-refractivity contribution in [2.24, 2.45) is 7.05 Å². The second-order valence-corrected chi connectivity index (χ2v) is 6.93. The van der Waals surface area contributed by atoms with E-state index in [2.05, 4.69) is 15.0 Å². The van der Waals surface area contributed by atoms with Crippen LogP contribution >= 0.6 is 11.3 Å². The number of thiazole rings is 1. The monoisotopic (exact) mass is 370 g/mol. The molecule has 8 heteroatoms. The van der Waals surface area contributed by atoms with Crippen LogP contribution in [0.5, 0.6) is 0 Å². The number of carbonyl (C=O) groups excluding carboxylic acids is 2. The van der Waals surface area contributed by atoms with Crippen LogP contribution in [-0.2, 0) is 18.3 Å². The number of methoxy groups -OCH3 is 1. The van der Waals surface area contributed by atoms with Crippen LogP contribution in [0.1, 0.15) is 37.0 Å². The van der Waals surface area contributed by atoms with E-state index in [-0.39, 0.29) is 5.91 Å². The Balaban J connectivity index is 1.79. The number of esters is 1. The standard InChI is InChI=1S/C18H18N4O3S/c1-10-21-16-15(26-10)13(8-19)14(22(16)2)17(23)20-9-11-4-6-12(7-5-11)18(24)25-3/h4-8,19H,9H2,1-3H3,(H,20,23). The molecule has 7 nitrogen and oxygen atoms in total. The van der Waals surface area contributed by atoms with Crippen LogP contribution in [0.25, 0.3) is 10.3 Å². The lowest BCUT2D eigenvalue weighted by molar-refractivity contribution is 0.0600. The number of fused-ring (bicyclic) bond motifs is 1. The van der Waals surface area contributed by atoms with Crippen molar-refractivity contribution >= 4 is 39.8 Å². The molecule has 2 N–H and O–H groups in total. The minimum absolute atomic E-state index is 0.272. The van der Waals surface area contributed by atoms with E-state index in [1.165, 1.54) is 24.7 Å². The zero-order valence-corrected chi connectivity index (χ0v) is 15.4. The van der Waals surface area contributed by atoms with E-state index in [9.17, 15) is 9.59 Å². The van der Waals surface area contributed by atoms with Crippen LogP contribution in [0.3, 0.4) is 0 Å². The highest BCUT2D eigenvalue weighted by atomic mass is 32.1. The van der Waals surface area contributed by atoms with Gasteiger partial charge >= 0.3 is 5.97 Å². The summed E-state index contributed by atoms with van der Waals surface area (Å²) in [6.45, 7) is 2.21. The van der Waals surface area contributed by atoms with Gasteiger partial charge in [0.05, 0.1) is 22.4 Å². The van der Waals surface area contributed by atoms with Crippen LogP contribution in [0.4, 0.5) is 0 Å². The minimum Gasteiger partial charge on any atom is -0.465 e. The molecule has 0 radical (unpaired) electrons. The molecule has 0 fully saturated rings. The van der Waals surface area contributed by atoms with Crippen LogP contribution in [0.15, 0.2) is 24.3 Å². The number of ether oxygens (including phenoxy) is 1. The van der Waals surface area contributed by atoms with Gasteiger partial charge in [0.25, 0.3) is 5.91 Å². The average molecular weight is 370 g/mol. The molecule has 0 bridgehead atoms. The topological polar surface area (TPSA) is 97.1 Å². The van der Waals surface area contributed by atoms with Gasteiger partial charge in [0.15, 0.2) is 5.65 Å². The molecule has 1 aromatic carbocycles. The van der Waals surface area contributed by atoms with Crippen molar-refractivity contribution in [3.05, 3.63) is 51.7 Å². The lowest BCUT2D eigenvalue weighted by Crippen LogP contribution is -2.26. The molecule has 3 aromatic rings. The zero-order valence-electron chi connectivity index (χ0n) is 14.6. The third-order valence-electron chi connectivity index (χ3n) is 4.06. The van der Waals surface area contributed by atoms with Gasteiger partial charge in [-0.2, -0.15) is 0 Å². The molecule has 0 unspecified atom stereocenters. The van der Waals surface area contributed by atoms with E-state index in [1.807, 2.05) is 6.92 Å². The van der Waals surface area contributed by atoms with Crippen molar-refractivity contribution in [2.75, 3.05) is 7.11 Å². The van der Waals surface area contributed by atoms with Gasteiger partial charge in [-0.15, -0.1) is 11.3 Å². The fraction of sp³-hybridized carbons (Fsp3) is 0.222. The van der Waals surface area contributed by atoms with Crippen LogP contribution in [-0.4, -0.2) is 34.8 Å². The Labute approximate surface area is 154 Å². The third-order valence-corrected chi connectivity index (χ3v) is 5.05. The number of nitrogens with zero attached hydrogens (tertiary/aromatic N) is 2. The van der Waals surface area contributed by atoms with Crippen LogP contribution in [0, 0.1) is 12.3 Å². The Morgan fingerprint density at radius 1 is 1.35 bits per heavy atom. The normalized spacial score (nSPS) is 10.7. The molecule has 0 saturated heterocycles. The summed E-state index contributed by atoms with van der Waals surface area (Å²) in [5, 5.41) is 11.4. The Kier molecular flexibility index (Phi) is 4.85. The maximum atomic E-state index is 12.7. The number of nitrogens with one attached hydrogen (secondary N) is 2. The zero-order chi connectivity index (χ0) is 18.8. The fourth-order valence-corrected chi connectivity index (χ4v) is 3.73. The highest BCUT2D eigenvalue weighted by molar-refractivity contribution is 7.18. The van der Waals surface area contributed by atoms with E-state index < -0.39 is 5.97 Å². The first-order valence-electron chi connectivity index (χ1n) is 7.88. The number of amides is 1. The third kappa shape index (κ3) is 3.11. The van der Waals surface area contributed by atoms with Gasteiger partial charge in [0, 0.05) is 25.4 Å². The predicted molar refractivity (Wildman–Crippen MR) is 100 cm³/mol. The number of benzene rings is 1. The van der Waals surface area contributed by atoms with Crippen molar-refractivity contribution in [1.29, 1.82) is 5.41 Å². The molecule has 134 valence electrons. The molecule has 0 aliphatic heterocycles. The van der Waals surface area contributed by atoms with Crippen molar-refractivity contribution < 1.29 is 14.3 Å². The molecule has 26 heavy (non-hydrogen) atoms. The molecular formula is C18H18N4O3S. The van der Waals surface area contributed by atoms with Crippen molar-refractivity contribution in [1.82, 2.24) is 14.9 Å². The maximum absolute atomic E-state index is 12.7. The quantitative estimate of drug-likeness (QED) is 0.533. The van der Waals surface area contributed by atoms with Crippen molar-refractivity contribution in [2.45, 2.75) is 13.5 Å². The van der Waals surface area contributed by atoms with Gasteiger partial charge < -0.3 is 20.0 Å². The average Bonchev–Trinajstić information content (AvgIpc) is 3.15. The van der Waals surface area contributed by atoms with Crippen LogP contribution < -0.4 is 5.32 Å². The lowest BCUT2D eigenvalue weighted by Gasteiger charge is -2.08. The smallest absolute Gasteiger partial charge is 0.337 e. The number of aromatic nitrogens is 2. The van der Waals surface area contributed by atoms with Crippen molar-refractivity contribution in [3.8, 4) is 0 Å². The highest BCUT2D eigenvalue weighted by Crippen LogP contribution is 2.29. The molecule has 2 aromatic heterocycles. The molecule has 0 saturated carbocycles. The van der Waals surface area contributed by atoms with Gasteiger partial charge in [-0.05, 0) is 24.6 Å². The summed E-state index contributed by atoms with van der Waals surface area (Å²) in [6, 6.07) is 6.83. The minimum atomic E-state index is -0.400. The molecule has 1 amide bonds. The Morgan fingerprint density at radius 3 is 2.65 bits per heavy atom. The summed E-state index contributed by atoms with van der Waals surface area (Å²) in [5.74, 6) is -0.672. The van der Waals surface area contributed by atoms with Gasteiger partial charge in [0.2, 0.25) is 0 Å². The highest BCUT2D eigenvalue weighted by Gasteiger charge is 2.22. The molecule has 0 aliphatic rings. The Bertz CT molecular complexity index is 1000. The van der Waals surface area contributed by atoms with Gasteiger partial charge in [-0.3, -0.25) is 4.79 Å². The lowest BCUT2D eigenvalue weighted by atomic mass is 10.1. The first-order valence-corrected chi connectivity index (χ1v) is 8.69. The number of hydrogen-bond donors (Lipinski definition) is 2. The van der Waals surface area contributed by atoms with E-state index in [0.29, 0.717) is 29.0 Å². The second-order valence-electron chi connectivity index (χ2n) is 5.72. The molecule has 2 heterocycles. The van der Waals surface area contributed by atoms with Gasteiger partial charge in [0.1, 0.15) is 5.69 Å². The number of hydrogen-bond acceptors (Lipinski definition) is 6. The van der Waals surface area contributed by atoms with E-state index >= 15 is 0 Å². The van der Waals surface area contributed by atoms with Gasteiger partial charge in [-0.25, -0.2) is 9.78 Å². The summed E-state index contributed by atoms with van der Waals surface area (Å²) in [6.07, 6.45) is 1.19. The largest absolute Gasteiger partial charge is 0.465 e. The molecule has 0 spiro atoms. The SMILES string of the molecule is COC(=O)c1ccc(CNC(=O)c2c(C=N)c3sc(C)nc3n2C)cc1. The van der Waals surface area contributed by atoms with Crippen molar-refractivity contribution in [3.63, 3.8) is 0 Å². The summed E-state index contributed by atoms with van der Waals surface area (Å²) in [4.78, 5) is 28.5. The maximum Gasteiger partial charge on any atom is 0.337 e. The first-order chi connectivity index (χ1) is 12.5. The summed E-state index contributed by atoms with van der Waals surface area (Å²) >= 11 is 1.47.